The van der Waals surface area contributed by atoms with Gasteiger partial charge in [-0.05, 0) is 18.2 Å². The Balaban J connectivity index is 2.26. The molecule has 0 aliphatic carbocycles. The van der Waals surface area contributed by atoms with E-state index in [1.54, 1.807) is 13.3 Å². The highest BCUT2D eigenvalue weighted by Crippen LogP contribution is 2.30. The van der Waals surface area contributed by atoms with E-state index in [0.717, 1.165) is 20.9 Å². The standard InChI is InChI=1S/C11H10N2O3S/c1-16-6-2-3-8-9(4-6)17-11-12-7(10(14)15)5-13(8)11/h2-5,10,14-15H,1H3. The average Bonchev–Trinajstić information content (AvgIpc) is 2.84. The van der Waals surface area contributed by atoms with Gasteiger partial charge in [0.2, 0.25) is 0 Å². The number of hydrogen-bond acceptors (Lipinski definition) is 5. The highest BCUT2D eigenvalue weighted by molar-refractivity contribution is 7.23. The lowest BCUT2D eigenvalue weighted by Crippen LogP contribution is -1.93. The molecule has 0 bridgehead atoms. The van der Waals surface area contributed by atoms with Gasteiger partial charge in [0.05, 0.1) is 17.3 Å². The van der Waals surface area contributed by atoms with Gasteiger partial charge in [0.15, 0.2) is 11.3 Å². The first kappa shape index (κ1) is 10.5. The van der Waals surface area contributed by atoms with Gasteiger partial charge >= 0.3 is 0 Å². The van der Waals surface area contributed by atoms with Crippen LogP contribution in [0.25, 0.3) is 15.2 Å². The molecule has 6 heteroatoms. The van der Waals surface area contributed by atoms with Gasteiger partial charge < -0.3 is 14.9 Å². The minimum atomic E-state index is -1.53. The zero-order valence-electron chi connectivity index (χ0n) is 8.99. The van der Waals surface area contributed by atoms with Crippen molar-refractivity contribution in [1.29, 1.82) is 0 Å². The van der Waals surface area contributed by atoms with E-state index in [9.17, 15) is 0 Å². The summed E-state index contributed by atoms with van der Waals surface area (Å²) in [5, 5.41) is 18.1. The zero-order valence-corrected chi connectivity index (χ0v) is 9.81. The highest BCUT2D eigenvalue weighted by atomic mass is 32.1. The SMILES string of the molecule is COc1ccc2c(c1)sc1nc(C(O)O)cn12. The van der Waals surface area contributed by atoms with E-state index in [1.165, 1.54) is 11.3 Å². The van der Waals surface area contributed by atoms with Crippen LogP contribution in [0.3, 0.4) is 0 Å². The second kappa shape index (κ2) is 3.69. The van der Waals surface area contributed by atoms with Crippen LogP contribution in [0.1, 0.15) is 12.0 Å². The largest absolute Gasteiger partial charge is 0.497 e. The average molecular weight is 250 g/mol. The van der Waals surface area contributed by atoms with Gasteiger partial charge in [-0.2, -0.15) is 0 Å². The van der Waals surface area contributed by atoms with Crippen molar-refractivity contribution in [3.63, 3.8) is 0 Å². The Hall–Kier alpha value is -1.63. The van der Waals surface area contributed by atoms with Gasteiger partial charge in [-0.15, -0.1) is 0 Å². The van der Waals surface area contributed by atoms with Crippen molar-refractivity contribution in [1.82, 2.24) is 9.38 Å². The summed E-state index contributed by atoms with van der Waals surface area (Å²) in [6, 6.07) is 5.72. The fraction of sp³-hybridized carbons (Fsp3) is 0.182. The molecule has 0 unspecified atom stereocenters. The minimum absolute atomic E-state index is 0.258. The van der Waals surface area contributed by atoms with Crippen LogP contribution in [0.5, 0.6) is 5.75 Å². The van der Waals surface area contributed by atoms with E-state index in [1.807, 2.05) is 22.6 Å². The number of thiazole rings is 1. The van der Waals surface area contributed by atoms with E-state index in [4.69, 9.17) is 14.9 Å². The van der Waals surface area contributed by atoms with Crippen molar-refractivity contribution >= 4 is 26.5 Å². The topological polar surface area (TPSA) is 67.0 Å². The summed E-state index contributed by atoms with van der Waals surface area (Å²) >= 11 is 1.48. The molecule has 0 atom stereocenters. The van der Waals surface area contributed by atoms with Gasteiger partial charge in [-0.1, -0.05) is 11.3 Å². The summed E-state index contributed by atoms with van der Waals surface area (Å²) in [6.07, 6.45) is 0.0982. The number of benzene rings is 1. The molecule has 2 heterocycles. The molecule has 0 saturated heterocycles. The third kappa shape index (κ3) is 1.57. The summed E-state index contributed by atoms with van der Waals surface area (Å²) in [7, 11) is 1.63. The normalized spacial score (nSPS) is 11.8. The molecule has 5 nitrogen and oxygen atoms in total. The number of aromatic nitrogens is 2. The molecule has 88 valence electrons. The molecule has 1 aromatic carbocycles. The molecule has 0 aliphatic rings. The number of rotatable bonds is 2. The van der Waals surface area contributed by atoms with Crippen molar-refractivity contribution in [3.05, 3.63) is 30.1 Å². The molecule has 3 rings (SSSR count). The molecular weight excluding hydrogens is 240 g/mol. The molecule has 0 fully saturated rings. The van der Waals surface area contributed by atoms with E-state index in [0.29, 0.717) is 0 Å². The molecule has 2 N–H and O–H groups in total. The molecule has 17 heavy (non-hydrogen) atoms. The first-order valence-corrected chi connectivity index (χ1v) is 5.82. The maximum absolute atomic E-state index is 9.06. The van der Waals surface area contributed by atoms with Crippen LogP contribution in [0.4, 0.5) is 0 Å². The smallest absolute Gasteiger partial charge is 0.197 e. The van der Waals surface area contributed by atoms with Crippen LogP contribution in [0, 0.1) is 0 Å². The first-order chi connectivity index (χ1) is 8.19. The summed E-state index contributed by atoms with van der Waals surface area (Å²) in [5.41, 5.74) is 1.24. The maximum atomic E-state index is 9.06. The number of hydrogen-bond donors (Lipinski definition) is 2. The number of aliphatic hydroxyl groups excluding tert-OH is 1. The number of aliphatic hydroxyl groups is 2. The Kier molecular flexibility index (Phi) is 2.29. The van der Waals surface area contributed by atoms with Gasteiger partial charge in [-0.3, -0.25) is 4.40 Å². The third-order valence-electron chi connectivity index (χ3n) is 2.58. The molecule has 0 aliphatic heterocycles. The van der Waals surface area contributed by atoms with Crippen LogP contribution >= 0.6 is 11.3 Å². The zero-order chi connectivity index (χ0) is 12.0. The van der Waals surface area contributed by atoms with Gasteiger partial charge in [0.1, 0.15) is 11.4 Å². The predicted octanol–water partition coefficient (Wildman–Crippen LogP) is 1.54. The fourth-order valence-corrected chi connectivity index (χ4v) is 2.79. The highest BCUT2D eigenvalue weighted by Gasteiger charge is 2.12. The summed E-state index contributed by atoms with van der Waals surface area (Å²) in [5.74, 6) is 0.796. The van der Waals surface area contributed by atoms with Crippen LogP contribution in [-0.4, -0.2) is 26.7 Å². The second-order valence-corrected chi connectivity index (χ2v) is 4.64. The monoisotopic (exact) mass is 250 g/mol. The number of nitrogens with zero attached hydrogens (tertiary/aromatic N) is 2. The summed E-state index contributed by atoms with van der Waals surface area (Å²) in [6.45, 7) is 0. The predicted molar refractivity (Wildman–Crippen MR) is 64.3 cm³/mol. The number of ether oxygens (including phenoxy) is 1. The summed E-state index contributed by atoms with van der Waals surface area (Å²) in [4.78, 5) is 4.88. The van der Waals surface area contributed by atoms with E-state index in [2.05, 4.69) is 4.98 Å². The Labute approximate surface area is 101 Å². The number of imidazole rings is 1. The molecule has 0 saturated carbocycles. The Morgan fingerprint density at radius 2 is 2.24 bits per heavy atom. The molecule has 2 aromatic heterocycles. The van der Waals surface area contributed by atoms with Crippen LogP contribution in [-0.2, 0) is 0 Å². The molecule has 0 radical (unpaired) electrons. The van der Waals surface area contributed by atoms with Crippen molar-refractivity contribution in [3.8, 4) is 5.75 Å². The lowest BCUT2D eigenvalue weighted by atomic mass is 10.3. The molecule has 0 spiro atoms. The molecular formula is C11H10N2O3S. The molecule has 3 aromatic rings. The van der Waals surface area contributed by atoms with Crippen LogP contribution in [0.2, 0.25) is 0 Å². The van der Waals surface area contributed by atoms with E-state index in [-0.39, 0.29) is 5.69 Å². The lowest BCUT2D eigenvalue weighted by molar-refractivity contribution is -0.0454. The quantitative estimate of drug-likeness (QED) is 0.677. The Bertz CT molecular complexity index is 686. The van der Waals surface area contributed by atoms with Crippen molar-refractivity contribution < 1.29 is 14.9 Å². The lowest BCUT2D eigenvalue weighted by Gasteiger charge is -1.98. The van der Waals surface area contributed by atoms with Crippen LogP contribution < -0.4 is 4.74 Å². The first-order valence-electron chi connectivity index (χ1n) is 5.01. The summed E-state index contributed by atoms with van der Waals surface area (Å²) < 4.78 is 8.04. The van der Waals surface area contributed by atoms with E-state index >= 15 is 0 Å². The van der Waals surface area contributed by atoms with Crippen LogP contribution in [0.15, 0.2) is 24.4 Å². The maximum Gasteiger partial charge on any atom is 0.197 e. The van der Waals surface area contributed by atoms with Crippen molar-refractivity contribution in [2.75, 3.05) is 7.11 Å². The third-order valence-corrected chi connectivity index (χ3v) is 3.60. The number of methoxy groups -OCH3 is 1. The Morgan fingerprint density at radius 1 is 1.41 bits per heavy atom. The van der Waals surface area contributed by atoms with Gasteiger partial charge in [0, 0.05) is 6.20 Å². The van der Waals surface area contributed by atoms with Crippen molar-refractivity contribution in [2.24, 2.45) is 0 Å². The van der Waals surface area contributed by atoms with Crippen molar-refractivity contribution in [2.45, 2.75) is 6.29 Å². The molecule has 0 amide bonds. The van der Waals surface area contributed by atoms with Gasteiger partial charge in [-0.25, -0.2) is 4.98 Å². The van der Waals surface area contributed by atoms with Gasteiger partial charge in [0.25, 0.3) is 0 Å². The fourth-order valence-electron chi connectivity index (χ4n) is 1.75. The minimum Gasteiger partial charge on any atom is -0.497 e. The number of fused-ring (bicyclic) bond motifs is 3. The Morgan fingerprint density at radius 3 is 2.94 bits per heavy atom. The van der Waals surface area contributed by atoms with E-state index < -0.39 is 6.29 Å². The second-order valence-electron chi connectivity index (χ2n) is 3.63.